The first-order valence-corrected chi connectivity index (χ1v) is 5.60. The molecule has 0 saturated carbocycles. The van der Waals surface area contributed by atoms with E-state index in [9.17, 15) is 14.9 Å². The lowest BCUT2D eigenvalue weighted by Crippen LogP contribution is -2.43. The number of nitrogens with zero attached hydrogens (tertiary/aromatic N) is 1. The van der Waals surface area contributed by atoms with E-state index in [1.165, 1.54) is 18.2 Å². The van der Waals surface area contributed by atoms with Gasteiger partial charge in [-0.05, 0) is 32.9 Å². The highest BCUT2D eigenvalue weighted by Crippen LogP contribution is 2.27. The number of nitro benzene ring substituents is 1. The number of benzene rings is 1. The zero-order valence-electron chi connectivity index (χ0n) is 10.3. The van der Waals surface area contributed by atoms with Crippen LogP contribution in [-0.4, -0.2) is 16.5 Å². The van der Waals surface area contributed by atoms with Crippen molar-refractivity contribution < 1.29 is 9.72 Å². The second kappa shape index (κ2) is 5.22. The third kappa shape index (κ3) is 4.21. The molecule has 18 heavy (non-hydrogen) atoms. The van der Waals surface area contributed by atoms with Crippen LogP contribution in [-0.2, 0) is 0 Å². The normalized spacial score (nSPS) is 10.9. The minimum absolute atomic E-state index is 0.0294. The van der Waals surface area contributed by atoms with Crippen molar-refractivity contribution in [2.24, 2.45) is 0 Å². The summed E-state index contributed by atoms with van der Waals surface area (Å²) < 4.78 is 0. The summed E-state index contributed by atoms with van der Waals surface area (Å²) in [5.41, 5.74) is -0.319. The molecule has 98 valence electrons. The van der Waals surface area contributed by atoms with Gasteiger partial charge in [-0.15, -0.1) is 0 Å². The summed E-state index contributed by atoms with van der Waals surface area (Å²) >= 11 is 5.66. The molecule has 0 atom stereocenters. The predicted octanol–water partition coefficient (Wildman–Crippen LogP) is 3.17. The van der Waals surface area contributed by atoms with E-state index < -0.39 is 11.0 Å². The Kier molecular flexibility index (Phi) is 4.13. The molecule has 2 amide bonds. The van der Waals surface area contributed by atoms with E-state index >= 15 is 0 Å². The van der Waals surface area contributed by atoms with E-state index in [1.807, 2.05) is 20.8 Å². The van der Waals surface area contributed by atoms with Gasteiger partial charge >= 0.3 is 6.03 Å². The lowest BCUT2D eigenvalue weighted by atomic mass is 10.1. The number of halogens is 1. The van der Waals surface area contributed by atoms with Gasteiger partial charge in [0.1, 0.15) is 5.02 Å². The topological polar surface area (TPSA) is 84.3 Å². The van der Waals surface area contributed by atoms with Gasteiger partial charge in [-0.2, -0.15) is 0 Å². The number of urea groups is 1. The Hall–Kier alpha value is -1.82. The third-order valence-corrected chi connectivity index (χ3v) is 2.21. The van der Waals surface area contributed by atoms with Crippen molar-refractivity contribution in [1.82, 2.24) is 5.32 Å². The molecule has 1 rings (SSSR count). The van der Waals surface area contributed by atoms with Crippen molar-refractivity contribution >= 4 is 29.0 Å². The van der Waals surface area contributed by atoms with Crippen LogP contribution in [0, 0.1) is 10.1 Å². The Bertz CT molecular complexity index is 483. The minimum Gasteiger partial charge on any atom is -0.333 e. The van der Waals surface area contributed by atoms with E-state index in [1.54, 1.807) is 0 Å². The van der Waals surface area contributed by atoms with Crippen LogP contribution in [0.1, 0.15) is 20.8 Å². The zero-order chi connectivity index (χ0) is 13.9. The van der Waals surface area contributed by atoms with Crippen LogP contribution in [0.25, 0.3) is 0 Å². The number of carbonyl (C=O) groups is 1. The Morgan fingerprint density at radius 3 is 2.50 bits per heavy atom. The number of amides is 2. The molecule has 1 aromatic rings. The molecule has 0 unspecified atom stereocenters. The summed E-state index contributed by atoms with van der Waals surface area (Å²) in [6.45, 7) is 5.49. The van der Waals surface area contributed by atoms with E-state index in [2.05, 4.69) is 10.6 Å². The molecule has 0 aromatic heterocycles. The molecule has 0 fully saturated rings. The molecule has 0 saturated heterocycles. The number of nitrogens with one attached hydrogen (secondary N) is 2. The highest BCUT2D eigenvalue weighted by atomic mass is 35.5. The van der Waals surface area contributed by atoms with Crippen molar-refractivity contribution in [3.8, 4) is 0 Å². The van der Waals surface area contributed by atoms with Gasteiger partial charge in [0.2, 0.25) is 0 Å². The maximum absolute atomic E-state index is 11.6. The summed E-state index contributed by atoms with van der Waals surface area (Å²) in [4.78, 5) is 21.6. The van der Waals surface area contributed by atoms with Gasteiger partial charge in [0.05, 0.1) is 4.92 Å². The van der Waals surface area contributed by atoms with Crippen LogP contribution < -0.4 is 10.6 Å². The molecule has 0 bridgehead atoms. The molecule has 2 N–H and O–H groups in total. The number of rotatable bonds is 2. The molecule has 6 nitrogen and oxygen atoms in total. The molecule has 0 radical (unpaired) electrons. The Balaban J connectivity index is 2.83. The first-order valence-electron chi connectivity index (χ1n) is 5.22. The molecule has 0 spiro atoms. The molecule has 0 heterocycles. The highest BCUT2D eigenvalue weighted by molar-refractivity contribution is 6.32. The zero-order valence-corrected chi connectivity index (χ0v) is 11.0. The Labute approximate surface area is 109 Å². The SMILES string of the molecule is CC(C)(C)NC(=O)Nc1ccc(Cl)c([N+](=O)[O-])c1. The molecular formula is C11H14ClN3O3. The summed E-state index contributed by atoms with van der Waals surface area (Å²) in [6, 6.07) is 3.65. The van der Waals surface area contributed by atoms with Gasteiger partial charge in [0.15, 0.2) is 0 Å². The average Bonchev–Trinajstić information content (AvgIpc) is 2.17. The number of hydrogen-bond acceptors (Lipinski definition) is 3. The molecule has 1 aromatic carbocycles. The largest absolute Gasteiger partial charge is 0.333 e. The van der Waals surface area contributed by atoms with Crippen molar-refractivity contribution in [2.75, 3.05) is 5.32 Å². The fourth-order valence-electron chi connectivity index (χ4n) is 1.23. The lowest BCUT2D eigenvalue weighted by Gasteiger charge is -2.20. The van der Waals surface area contributed by atoms with Gasteiger partial charge in [0.25, 0.3) is 5.69 Å². The standard InChI is InChI=1S/C11H14ClN3O3/c1-11(2,3)14-10(16)13-7-4-5-8(12)9(6-7)15(17)18/h4-6H,1-3H3,(H2,13,14,16). The van der Waals surface area contributed by atoms with Gasteiger partial charge in [-0.3, -0.25) is 10.1 Å². The van der Waals surface area contributed by atoms with Crippen LogP contribution in [0.3, 0.4) is 0 Å². The third-order valence-electron chi connectivity index (χ3n) is 1.89. The first-order chi connectivity index (χ1) is 8.19. The van der Waals surface area contributed by atoms with E-state index in [-0.39, 0.29) is 16.2 Å². The van der Waals surface area contributed by atoms with Gasteiger partial charge < -0.3 is 10.6 Å². The monoisotopic (exact) mass is 271 g/mol. The molecule has 0 aliphatic heterocycles. The van der Waals surface area contributed by atoms with Gasteiger partial charge in [-0.25, -0.2) is 4.79 Å². The average molecular weight is 272 g/mol. The van der Waals surface area contributed by atoms with Gasteiger partial charge in [-0.1, -0.05) is 11.6 Å². The number of anilines is 1. The van der Waals surface area contributed by atoms with Crippen molar-refractivity contribution in [3.63, 3.8) is 0 Å². The van der Waals surface area contributed by atoms with Crippen LogP contribution in [0.5, 0.6) is 0 Å². The predicted molar refractivity (Wildman–Crippen MR) is 70.0 cm³/mol. The summed E-state index contributed by atoms with van der Waals surface area (Å²) in [6.07, 6.45) is 0. The number of nitro groups is 1. The van der Waals surface area contributed by atoms with E-state index in [0.29, 0.717) is 5.69 Å². The molecule has 0 aliphatic carbocycles. The second-order valence-corrected chi connectivity index (χ2v) is 5.16. The summed E-state index contributed by atoms with van der Waals surface area (Å²) in [5, 5.41) is 15.9. The molecule has 7 heteroatoms. The lowest BCUT2D eigenvalue weighted by molar-refractivity contribution is -0.384. The van der Waals surface area contributed by atoms with Gasteiger partial charge in [0, 0.05) is 17.3 Å². The van der Waals surface area contributed by atoms with Crippen LogP contribution in [0.15, 0.2) is 18.2 Å². The number of hydrogen-bond donors (Lipinski definition) is 2. The Morgan fingerprint density at radius 1 is 1.39 bits per heavy atom. The van der Waals surface area contributed by atoms with Crippen molar-refractivity contribution in [2.45, 2.75) is 26.3 Å². The van der Waals surface area contributed by atoms with Crippen molar-refractivity contribution in [1.29, 1.82) is 0 Å². The summed E-state index contributed by atoms with van der Waals surface area (Å²) in [7, 11) is 0. The maximum Gasteiger partial charge on any atom is 0.319 e. The highest BCUT2D eigenvalue weighted by Gasteiger charge is 2.16. The smallest absolute Gasteiger partial charge is 0.319 e. The first kappa shape index (κ1) is 14.2. The molecular weight excluding hydrogens is 258 g/mol. The van der Waals surface area contributed by atoms with Crippen LogP contribution in [0.2, 0.25) is 5.02 Å². The number of carbonyl (C=O) groups excluding carboxylic acids is 1. The van der Waals surface area contributed by atoms with E-state index in [0.717, 1.165) is 0 Å². The van der Waals surface area contributed by atoms with Crippen LogP contribution >= 0.6 is 11.6 Å². The maximum atomic E-state index is 11.6. The van der Waals surface area contributed by atoms with Crippen LogP contribution in [0.4, 0.5) is 16.2 Å². The quantitative estimate of drug-likeness (QED) is 0.640. The minimum atomic E-state index is -0.602. The van der Waals surface area contributed by atoms with Crippen molar-refractivity contribution in [3.05, 3.63) is 33.3 Å². The fourth-order valence-corrected chi connectivity index (χ4v) is 1.42. The van der Waals surface area contributed by atoms with E-state index in [4.69, 9.17) is 11.6 Å². The fraction of sp³-hybridized carbons (Fsp3) is 0.364. The Morgan fingerprint density at radius 2 is 2.00 bits per heavy atom. The summed E-state index contributed by atoms with van der Waals surface area (Å²) in [5.74, 6) is 0. The second-order valence-electron chi connectivity index (χ2n) is 4.75. The molecule has 0 aliphatic rings.